The molecule has 2 rings (SSSR count). The smallest absolute Gasteiger partial charge is 0.273 e. The molecule has 98 valence electrons. The van der Waals surface area contributed by atoms with Crippen LogP contribution < -0.4 is 11.1 Å². The number of aromatic nitrogens is 2. The van der Waals surface area contributed by atoms with Gasteiger partial charge >= 0.3 is 0 Å². The monoisotopic (exact) mass is 258 g/mol. The molecule has 0 radical (unpaired) electrons. The highest BCUT2D eigenvalue weighted by molar-refractivity contribution is 5.96. The second-order valence-corrected chi connectivity index (χ2v) is 3.83. The van der Waals surface area contributed by atoms with Crippen LogP contribution in [0.5, 0.6) is 0 Å². The Morgan fingerprint density at radius 3 is 2.68 bits per heavy atom. The van der Waals surface area contributed by atoms with Crippen LogP contribution >= 0.6 is 0 Å². The van der Waals surface area contributed by atoms with E-state index >= 15 is 0 Å². The first-order chi connectivity index (χ1) is 9.22. The molecule has 0 saturated heterocycles. The molecule has 19 heavy (non-hydrogen) atoms. The molecule has 0 aliphatic rings. The van der Waals surface area contributed by atoms with Crippen molar-refractivity contribution in [1.29, 1.82) is 0 Å². The standard InChI is InChI=1S/C13H14N4O2/c14-12-11(13(19)15-6-7-18)16-8-10(17-12)9-4-2-1-3-5-9/h1-5,8,18H,6-7H2,(H2,14,17)(H,15,19). The van der Waals surface area contributed by atoms with E-state index in [4.69, 9.17) is 10.8 Å². The van der Waals surface area contributed by atoms with E-state index in [9.17, 15) is 4.79 Å². The van der Waals surface area contributed by atoms with Crippen LogP contribution in [0.3, 0.4) is 0 Å². The predicted molar refractivity (Wildman–Crippen MR) is 71.3 cm³/mol. The summed E-state index contributed by atoms with van der Waals surface area (Å²) in [4.78, 5) is 19.9. The van der Waals surface area contributed by atoms with Crippen LogP contribution in [-0.4, -0.2) is 34.1 Å². The molecule has 0 atom stereocenters. The molecule has 1 aromatic heterocycles. The van der Waals surface area contributed by atoms with Gasteiger partial charge in [0, 0.05) is 12.1 Å². The normalized spacial score (nSPS) is 10.2. The third-order valence-electron chi connectivity index (χ3n) is 2.48. The summed E-state index contributed by atoms with van der Waals surface area (Å²) in [6.07, 6.45) is 1.50. The van der Waals surface area contributed by atoms with E-state index in [0.717, 1.165) is 5.56 Å². The molecule has 0 bridgehead atoms. The lowest BCUT2D eigenvalue weighted by molar-refractivity contribution is 0.0940. The quantitative estimate of drug-likeness (QED) is 0.739. The minimum atomic E-state index is -0.446. The lowest BCUT2D eigenvalue weighted by Gasteiger charge is -2.06. The first-order valence-electron chi connectivity index (χ1n) is 5.79. The van der Waals surface area contributed by atoms with E-state index in [2.05, 4.69) is 15.3 Å². The number of aliphatic hydroxyl groups excluding tert-OH is 1. The van der Waals surface area contributed by atoms with Crippen LogP contribution in [-0.2, 0) is 0 Å². The van der Waals surface area contributed by atoms with Crippen LogP contribution in [0.1, 0.15) is 10.5 Å². The summed E-state index contributed by atoms with van der Waals surface area (Å²) >= 11 is 0. The van der Waals surface area contributed by atoms with Crippen molar-refractivity contribution in [2.45, 2.75) is 0 Å². The van der Waals surface area contributed by atoms with Crippen LogP contribution in [0.15, 0.2) is 36.5 Å². The lowest BCUT2D eigenvalue weighted by atomic mass is 10.1. The number of nitrogens with two attached hydrogens (primary N) is 1. The highest BCUT2D eigenvalue weighted by atomic mass is 16.3. The maximum Gasteiger partial charge on any atom is 0.273 e. The fraction of sp³-hybridized carbons (Fsp3) is 0.154. The summed E-state index contributed by atoms with van der Waals surface area (Å²) in [7, 11) is 0. The van der Waals surface area contributed by atoms with Gasteiger partial charge in [-0.25, -0.2) is 9.97 Å². The summed E-state index contributed by atoms with van der Waals surface area (Å²) in [5.74, 6) is -0.379. The second kappa shape index (κ2) is 5.92. The molecule has 6 heteroatoms. The Labute approximate surface area is 110 Å². The van der Waals surface area contributed by atoms with Gasteiger partial charge in [0.25, 0.3) is 5.91 Å². The molecule has 1 heterocycles. The zero-order valence-corrected chi connectivity index (χ0v) is 10.2. The Bertz CT molecular complexity index is 572. The van der Waals surface area contributed by atoms with Gasteiger partial charge in [-0.2, -0.15) is 0 Å². The minimum absolute atomic E-state index is 0.0631. The predicted octanol–water partition coefficient (Wildman–Crippen LogP) is 0.448. The van der Waals surface area contributed by atoms with Gasteiger partial charge < -0.3 is 16.2 Å². The van der Waals surface area contributed by atoms with Gasteiger partial charge in [-0.15, -0.1) is 0 Å². The van der Waals surface area contributed by atoms with Gasteiger partial charge in [0.05, 0.1) is 18.5 Å². The van der Waals surface area contributed by atoms with Gasteiger partial charge in [0.2, 0.25) is 0 Å². The zero-order chi connectivity index (χ0) is 13.7. The van der Waals surface area contributed by atoms with E-state index in [0.29, 0.717) is 5.69 Å². The van der Waals surface area contributed by atoms with Gasteiger partial charge in [0.1, 0.15) is 0 Å². The molecule has 2 aromatic rings. The van der Waals surface area contributed by atoms with Crippen molar-refractivity contribution in [1.82, 2.24) is 15.3 Å². The first kappa shape index (κ1) is 13.0. The van der Waals surface area contributed by atoms with Crippen molar-refractivity contribution in [3.63, 3.8) is 0 Å². The Hall–Kier alpha value is -2.47. The van der Waals surface area contributed by atoms with Crippen molar-refractivity contribution in [3.8, 4) is 11.3 Å². The van der Waals surface area contributed by atoms with Crippen LogP contribution in [0.25, 0.3) is 11.3 Å². The fourth-order valence-corrected chi connectivity index (χ4v) is 1.58. The molecule has 0 fully saturated rings. The van der Waals surface area contributed by atoms with Crippen molar-refractivity contribution >= 4 is 11.7 Å². The van der Waals surface area contributed by atoms with Gasteiger partial charge in [-0.3, -0.25) is 4.79 Å². The Balaban J connectivity index is 2.25. The maximum absolute atomic E-state index is 11.7. The summed E-state index contributed by atoms with van der Waals surface area (Å²) in [5, 5.41) is 11.1. The highest BCUT2D eigenvalue weighted by Crippen LogP contribution is 2.17. The Kier molecular flexibility index (Phi) is 4.04. The molecular formula is C13H14N4O2. The number of nitrogens with one attached hydrogen (secondary N) is 1. The van der Waals surface area contributed by atoms with Gasteiger partial charge in [-0.1, -0.05) is 30.3 Å². The molecule has 1 aromatic carbocycles. The number of carbonyl (C=O) groups is 1. The van der Waals surface area contributed by atoms with E-state index in [1.165, 1.54) is 6.20 Å². The average molecular weight is 258 g/mol. The number of aliphatic hydroxyl groups is 1. The van der Waals surface area contributed by atoms with E-state index in [-0.39, 0.29) is 24.7 Å². The Morgan fingerprint density at radius 2 is 2.05 bits per heavy atom. The molecule has 0 unspecified atom stereocenters. The van der Waals surface area contributed by atoms with Crippen molar-refractivity contribution in [2.75, 3.05) is 18.9 Å². The zero-order valence-electron chi connectivity index (χ0n) is 10.2. The van der Waals surface area contributed by atoms with E-state index in [1.807, 2.05) is 30.3 Å². The van der Waals surface area contributed by atoms with Crippen molar-refractivity contribution in [3.05, 3.63) is 42.2 Å². The number of nitrogens with zero attached hydrogens (tertiary/aromatic N) is 2. The van der Waals surface area contributed by atoms with E-state index < -0.39 is 5.91 Å². The highest BCUT2D eigenvalue weighted by Gasteiger charge is 2.13. The largest absolute Gasteiger partial charge is 0.395 e. The number of rotatable bonds is 4. The average Bonchev–Trinajstić information content (AvgIpc) is 2.45. The first-order valence-corrected chi connectivity index (χ1v) is 5.79. The molecule has 4 N–H and O–H groups in total. The summed E-state index contributed by atoms with van der Waals surface area (Å²) < 4.78 is 0. The number of benzene rings is 1. The number of carbonyl (C=O) groups excluding carboxylic acids is 1. The molecule has 1 amide bonds. The van der Waals surface area contributed by atoms with Crippen LogP contribution in [0.4, 0.5) is 5.82 Å². The third kappa shape index (κ3) is 3.05. The molecular weight excluding hydrogens is 244 g/mol. The molecule has 0 spiro atoms. The fourth-order valence-electron chi connectivity index (χ4n) is 1.58. The maximum atomic E-state index is 11.7. The number of hydrogen-bond donors (Lipinski definition) is 3. The number of hydrogen-bond acceptors (Lipinski definition) is 5. The van der Waals surface area contributed by atoms with Crippen LogP contribution in [0.2, 0.25) is 0 Å². The van der Waals surface area contributed by atoms with Crippen LogP contribution in [0, 0.1) is 0 Å². The van der Waals surface area contributed by atoms with Crippen molar-refractivity contribution < 1.29 is 9.90 Å². The molecule has 0 aliphatic heterocycles. The summed E-state index contributed by atoms with van der Waals surface area (Å²) in [6.45, 7) is 0.0154. The number of amides is 1. The lowest BCUT2D eigenvalue weighted by Crippen LogP contribution is -2.28. The van der Waals surface area contributed by atoms with Crippen molar-refractivity contribution in [2.24, 2.45) is 0 Å². The summed E-state index contributed by atoms with van der Waals surface area (Å²) in [6, 6.07) is 9.44. The Morgan fingerprint density at radius 1 is 1.32 bits per heavy atom. The number of nitrogen functional groups attached to an aromatic ring is 1. The summed E-state index contributed by atoms with van der Waals surface area (Å²) in [5.41, 5.74) is 7.28. The van der Waals surface area contributed by atoms with E-state index in [1.54, 1.807) is 0 Å². The molecule has 0 aliphatic carbocycles. The third-order valence-corrected chi connectivity index (χ3v) is 2.48. The SMILES string of the molecule is Nc1nc(-c2ccccc2)cnc1C(=O)NCCO. The second-order valence-electron chi connectivity index (χ2n) is 3.83. The van der Waals surface area contributed by atoms with Gasteiger partial charge in [0.15, 0.2) is 11.5 Å². The number of anilines is 1. The molecule has 6 nitrogen and oxygen atoms in total. The minimum Gasteiger partial charge on any atom is -0.395 e. The molecule has 0 saturated carbocycles. The topological polar surface area (TPSA) is 101 Å². The van der Waals surface area contributed by atoms with Gasteiger partial charge in [-0.05, 0) is 0 Å².